The summed E-state index contributed by atoms with van der Waals surface area (Å²) >= 11 is 0. The zero-order valence-electron chi connectivity index (χ0n) is 42.8. The summed E-state index contributed by atoms with van der Waals surface area (Å²) in [7, 11) is 0. The minimum absolute atomic E-state index is 0.0309. The number of aromatic hydroxyl groups is 1. The van der Waals surface area contributed by atoms with Crippen LogP contribution in [0.2, 0.25) is 0 Å². The number of amides is 8. The van der Waals surface area contributed by atoms with Gasteiger partial charge in [0, 0.05) is 48.3 Å². The van der Waals surface area contributed by atoms with Crippen molar-refractivity contribution >= 4 is 59.4 Å². The lowest BCUT2D eigenvalue weighted by Gasteiger charge is -2.31. The molecule has 8 amide bonds. The van der Waals surface area contributed by atoms with Crippen LogP contribution >= 0.6 is 0 Å². The highest BCUT2D eigenvalue weighted by molar-refractivity contribution is 5.97. The Morgan fingerprint density at radius 1 is 0.829 bits per heavy atom. The van der Waals surface area contributed by atoms with Crippen LogP contribution in [-0.2, 0) is 40.0 Å². The molecule has 0 saturated carbocycles. The van der Waals surface area contributed by atoms with Gasteiger partial charge in [-0.15, -0.1) is 0 Å². The number of carboxylic acids is 1. The lowest BCUT2D eigenvalue weighted by atomic mass is 9.96. The van der Waals surface area contributed by atoms with Gasteiger partial charge in [-0.3, -0.25) is 44.1 Å². The van der Waals surface area contributed by atoms with Crippen LogP contribution in [-0.4, -0.2) is 143 Å². The van der Waals surface area contributed by atoms with E-state index in [2.05, 4.69) is 47.2 Å². The molecule has 1 aromatic carbocycles. The number of urea groups is 1. The standard InChI is InChI=1S/C46H78N14O10/c1-6-28(5)37(41(66)57-34(43(68)69)25-27(3)4)58-39(64)33(26-29-16-18-30(61)19-17-29)56-40(65)35-15-12-24-60(35)42(67)32(14-11-22-52-44(48)49)55-38(63)31(47)13-10-23-53-45(50)59-46(70)54-21-9-8-20-51-36(62)7-2/h16-19,27-28,31-35,37,61H,6-15,20-26,47H2,1-5H3,(H,51,62)(H,55,63)(H,56,65)(H,57,66)(H,58,64)(H,68,69)(H4,48,49,52)(H4,50,53,54,59,70)/t28-,31-,32-,33-,34-,35-,37-/m0/s1/i2T,7T/t7?,28-,31-,32-,33-,34-,35-,37-. The molecule has 17 N–H and O–H groups in total. The van der Waals surface area contributed by atoms with Gasteiger partial charge in [-0.1, -0.05) is 53.1 Å². The molecule has 1 fully saturated rings. The van der Waals surface area contributed by atoms with Crippen molar-refractivity contribution in [1.82, 2.24) is 42.1 Å². The van der Waals surface area contributed by atoms with Crippen LogP contribution in [0.25, 0.3) is 0 Å². The molecule has 0 aromatic heterocycles. The Labute approximate surface area is 412 Å². The van der Waals surface area contributed by atoms with Gasteiger partial charge in [0.05, 0.1) is 6.04 Å². The summed E-state index contributed by atoms with van der Waals surface area (Å²) in [5.74, 6) is -6.00. The molecule has 24 nitrogen and oxygen atoms in total. The fourth-order valence-electron chi connectivity index (χ4n) is 7.38. The van der Waals surface area contributed by atoms with Gasteiger partial charge in [0.1, 0.15) is 36.0 Å². The second-order valence-electron chi connectivity index (χ2n) is 17.6. The maximum atomic E-state index is 14.3. The van der Waals surface area contributed by atoms with E-state index in [1.165, 1.54) is 17.0 Å². The van der Waals surface area contributed by atoms with Gasteiger partial charge < -0.3 is 69.9 Å². The molecule has 0 spiro atoms. The van der Waals surface area contributed by atoms with E-state index in [0.29, 0.717) is 37.8 Å². The molecule has 0 aliphatic carbocycles. The van der Waals surface area contributed by atoms with E-state index in [1.54, 1.807) is 19.1 Å². The number of nitrogens with zero attached hydrogens (tertiary/aromatic N) is 3. The van der Waals surface area contributed by atoms with Crippen molar-refractivity contribution in [3.8, 4) is 5.75 Å². The molecule has 24 heteroatoms. The van der Waals surface area contributed by atoms with Gasteiger partial charge in [0.25, 0.3) is 0 Å². The van der Waals surface area contributed by atoms with Crippen molar-refractivity contribution < 1.29 is 51.3 Å². The maximum Gasteiger partial charge on any atom is 0.326 e. The lowest BCUT2D eigenvalue weighted by Crippen LogP contribution is -2.60. The Hall–Kier alpha value is -6.72. The van der Waals surface area contributed by atoms with Gasteiger partial charge >= 0.3 is 12.0 Å². The Kier molecular flexibility index (Phi) is 25.1. The normalized spacial score (nSPS) is 16.9. The van der Waals surface area contributed by atoms with E-state index < -0.39 is 96.0 Å². The Balaban J connectivity index is 2.17. The SMILES string of the molecule is [3H]CC([3H])C(=O)NCCCCNC(=O)NC(N)=NCCC[C@H](N)C(=O)N[C@@H](CCCN=C(N)N)C(=O)N1CCC[C@H]1C(=O)N[C@@H](Cc1ccc(O)cc1)C(=O)N[C@H](C(=O)N[C@@H](CC(C)C)C(=O)O)[C@@H](C)CC. The maximum absolute atomic E-state index is 14.3. The average Bonchev–Trinajstić information content (AvgIpc) is 3.83. The summed E-state index contributed by atoms with van der Waals surface area (Å²) in [6, 6.07) is -1.66. The second kappa shape index (κ2) is 31.4. The number of guanidine groups is 2. The van der Waals surface area contributed by atoms with Gasteiger partial charge in [0.2, 0.25) is 35.4 Å². The highest BCUT2D eigenvalue weighted by Crippen LogP contribution is 2.21. The summed E-state index contributed by atoms with van der Waals surface area (Å²) in [5, 5.41) is 38.0. The number of carboxylic acid groups (broad SMARTS) is 1. The molecule has 0 radical (unpaired) electrons. The van der Waals surface area contributed by atoms with E-state index in [0.717, 1.165) is 0 Å². The summed E-state index contributed by atoms with van der Waals surface area (Å²) in [5.41, 5.74) is 23.6. The topological polar surface area (TPSA) is 393 Å². The van der Waals surface area contributed by atoms with Crippen molar-refractivity contribution in [3.63, 3.8) is 0 Å². The van der Waals surface area contributed by atoms with E-state index in [-0.39, 0.29) is 102 Å². The van der Waals surface area contributed by atoms with Crippen molar-refractivity contribution in [2.45, 2.75) is 148 Å². The van der Waals surface area contributed by atoms with Gasteiger partial charge in [-0.05, 0) is 87.3 Å². The minimum atomic E-state index is -1.30. The number of unbranched alkanes of at least 4 members (excludes halogenated alkanes) is 1. The van der Waals surface area contributed by atoms with Crippen LogP contribution in [0.3, 0.4) is 0 Å². The second-order valence-corrected chi connectivity index (χ2v) is 17.6. The zero-order valence-corrected chi connectivity index (χ0v) is 40.8. The third-order valence-corrected chi connectivity index (χ3v) is 11.4. The zero-order chi connectivity index (χ0) is 53.9. The third kappa shape index (κ3) is 22.1. The summed E-state index contributed by atoms with van der Waals surface area (Å²) < 4.78 is 14.5. The predicted octanol–water partition coefficient (Wildman–Crippen LogP) is -0.877. The predicted molar refractivity (Wildman–Crippen MR) is 263 cm³/mol. The molecule has 70 heavy (non-hydrogen) atoms. The largest absolute Gasteiger partial charge is 0.508 e. The number of hydrogen-bond acceptors (Lipinski definition) is 12. The monoisotopic (exact) mass is 991 g/mol. The van der Waals surface area contributed by atoms with Gasteiger partial charge in [-0.25, -0.2) is 9.59 Å². The number of nitrogens with one attached hydrogen (secondary N) is 7. The molecular weight excluding hydrogens is 909 g/mol. The van der Waals surface area contributed by atoms with Crippen LogP contribution < -0.4 is 60.2 Å². The highest BCUT2D eigenvalue weighted by atomic mass is 16.4. The number of rotatable bonds is 30. The van der Waals surface area contributed by atoms with E-state index >= 15 is 0 Å². The van der Waals surface area contributed by atoms with Gasteiger partial charge in [-0.2, -0.15) is 0 Å². The Bertz CT molecular complexity index is 2010. The van der Waals surface area contributed by atoms with Crippen LogP contribution in [0, 0.1) is 11.8 Å². The summed E-state index contributed by atoms with van der Waals surface area (Å²) in [4.78, 5) is 115. The average molecular weight is 991 g/mol. The highest BCUT2D eigenvalue weighted by Gasteiger charge is 2.40. The van der Waals surface area contributed by atoms with E-state index in [4.69, 9.17) is 25.7 Å². The number of aliphatic imine (C=N–C) groups is 2. The Morgan fingerprint density at radius 3 is 2.10 bits per heavy atom. The number of nitrogens with two attached hydrogens (primary N) is 4. The first-order valence-corrected chi connectivity index (χ1v) is 23.8. The molecule has 8 atom stereocenters. The minimum Gasteiger partial charge on any atom is -0.508 e. The van der Waals surface area contributed by atoms with Crippen LogP contribution in [0.15, 0.2) is 34.3 Å². The van der Waals surface area contributed by atoms with Crippen LogP contribution in [0.5, 0.6) is 5.75 Å². The molecule has 1 aliphatic rings. The molecular formula is C46H78N14O10. The molecule has 1 aliphatic heterocycles. The van der Waals surface area contributed by atoms with Crippen LogP contribution in [0.1, 0.15) is 114 Å². The molecule has 1 aromatic rings. The number of likely N-dealkylation sites (tertiary alicyclic amines) is 1. The van der Waals surface area contributed by atoms with Gasteiger partial charge in [0.15, 0.2) is 11.9 Å². The van der Waals surface area contributed by atoms with Crippen molar-refractivity contribution in [3.05, 3.63) is 29.8 Å². The summed E-state index contributed by atoms with van der Waals surface area (Å²) in [6.07, 6.45) is 1.75. The first-order chi connectivity index (χ1) is 34.1. The number of benzene rings is 1. The van der Waals surface area contributed by atoms with E-state index in [1.807, 2.05) is 20.8 Å². The first kappa shape index (κ1) is 55.9. The molecule has 0 bridgehead atoms. The Morgan fingerprint density at radius 2 is 1.47 bits per heavy atom. The lowest BCUT2D eigenvalue weighted by molar-refractivity contribution is -0.143. The molecule has 2 rings (SSSR count). The van der Waals surface area contributed by atoms with Crippen molar-refractivity contribution in [2.75, 3.05) is 32.7 Å². The van der Waals surface area contributed by atoms with E-state index in [9.17, 15) is 48.6 Å². The fraction of sp³-hybridized carbons (Fsp3) is 0.652. The smallest absolute Gasteiger partial charge is 0.326 e. The van der Waals surface area contributed by atoms with Crippen molar-refractivity contribution in [1.29, 1.82) is 0 Å². The number of aliphatic carboxylic acids is 1. The number of hydrogen-bond donors (Lipinski definition) is 13. The number of phenols is 1. The first-order valence-electron chi connectivity index (χ1n) is 25.0. The van der Waals surface area contributed by atoms with Crippen LogP contribution in [0.4, 0.5) is 4.79 Å². The third-order valence-electron chi connectivity index (χ3n) is 11.4. The molecule has 1 unspecified atom stereocenters. The molecule has 1 saturated heterocycles. The number of carbonyl (C=O) groups is 8. The van der Waals surface area contributed by atoms with Crippen molar-refractivity contribution in [2.24, 2.45) is 44.8 Å². The molecule has 392 valence electrons. The molecule has 1 heterocycles. The number of carbonyl (C=O) groups excluding carboxylic acids is 7. The number of phenolic OH excluding ortho intramolecular Hbond substituents is 1. The quantitative estimate of drug-likeness (QED) is 0.0253. The summed E-state index contributed by atoms with van der Waals surface area (Å²) in [6.45, 7) is 7.77. The fourth-order valence-corrected chi connectivity index (χ4v) is 7.38.